The fourth-order valence-electron chi connectivity index (χ4n) is 2.14. The first-order valence-corrected chi connectivity index (χ1v) is 10.7. The molecular formula is C23H25BrCs2O12. The standard InChI is InChI=1S/C11H10O4.C8H8O3.C3H5BrO2.CH2O3.2Cs.H/c1-13-8-4-3-7-5-10(11(12)14-2)15-9(7)6-8;1-11-7-3-2-6(5-9)8(10)4-7;1-6-3(5)2-4;2-1-4-3;;;/h3-6H,1-2H3;2-5,10H,1H3;2H2,1H3;1,3H;;;/q;;;;2*+1;-1/p-1. The van der Waals surface area contributed by atoms with E-state index in [4.69, 9.17) is 29.0 Å². The third-order valence-electron chi connectivity index (χ3n) is 3.85. The molecule has 12 nitrogen and oxygen atoms in total. The summed E-state index contributed by atoms with van der Waals surface area (Å²) in [5.74, 6) is 0.640. The van der Waals surface area contributed by atoms with Crippen LogP contribution in [0.4, 0.5) is 0 Å². The normalized spacial score (nSPS) is 8.47. The Morgan fingerprint density at radius 3 is 1.92 bits per heavy atom. The minimum Gasteiger partial charge on any atom is -1.00 e. The van der Waals surface area contributed by atoms with Gasteiger partial charge in [-0.3, -0.25) is 14.4 Å². The first kappa shape index (κ1) is 42.5. The maximum atomic E-state index is 11.2. The molecule has 0 bridgehead atoms. The van der Waals surface area contributed by atoms with E-state index in [1.165, 1.54) is 33.5 Å². The Kier molecular flexibility index (Phi) is 29.0. The van der Waals surface area contributed by atoms with Gasteiger partial charge in [-0.05, 0) is 30.3 Å². The van der Waals surface area contributed by atoms with Gasteiger partial charge in [-0.25, -0.2) is 4.79 Å². The quantitative estimate of drug-likeness (QED) is 0.0859. The van der Waals surface area contributed by atoms with Gasteiger partial charge >= 0.3 is 150 Å². The number of carbonyl (C=O) groups is 4. The molecule has 0 atom stereocenters. The maximum Gasteiger partial charge on any atom is 1.00 e. The number of aldehydes is 1. The SMILES string of the molecule is COC(=O)CBr.COC(=O)c1cc2ccc(OC)cc2o1.COc1ccc(C=O)c(O)c1.O=CO[O-].[Cs+].[Cs+].[H-]. The van der Waals surface area contributed by atoms with Crippen molar-refractivity contribution in [1.82, 2.24) is 0 Å². The maximum absolute atomic E-state index is 11.2. The molecule has 1 N–H and O–H groups in total. The number of alkyl halides is 1. The fourth-order valence-corrected chi connectivity index (χ4v) is 2.37. The minimum atomic E-state index is -0.481. The Morgan fingerprint density at radius 1 is 0.974 bits per heavy atom. The molecule has 0 saturated heterocycles. The van der Waals surface area contributed by atoms with E-state index in [9.17, 15) is 14.4 Å². The van der Waals surface area contributed by atoms with Crippen LogP contribution >= 0.6 is 15.9 Å². The number of carbonyl (C=O) groups excluding carboxylic acids is 4. The molecule has 2 aromatic carbocycles. The zero-order chi connectivity index (χ0) is 27.5. The van der Waals surface area contributed by atoms with Crippen molar-refractivity contribution in [2.75, 3.05) is 33.8 Å². The van der Waals surface area contributed by atoms with Crippen molar-refractivity contribution in [3.63, 3.8) is 0 Å². The van der Waals surface area contributed by atoms with Crippen LogP contribution in [0.25, 0.3) is 11.0 Å². The zero-order valence-corrected chi connectivity index (χ0v) is 35.9. The number of esters is 2. The Hall–Kier alpha value is 0.00390. The third-order valence-corrected chi connectivity index (χ3v) is 4.31. The largest absolute Gasteiger partial charge is 1.00 e. The topological polar surface area (TPSA) is 171 Å². The molecule has 0 unspecified atom stereocenters. The summed E-state index contributed by atoms with van der Waals surface area (Å²) in [5.41, 5.74) is 0.876. The van der Waals surface area contributed by atoms with E-state index in [0.717, 1.165) is 5.39 Å². The molecule has 198 valence electrons. The van der Waals surface area contributed by atoms with E-state index in [-0.39, 0.29) is 174 Å². The number of furan rings is 1. The van der Waals surface area contributed by atoms with E-state index >= 15 is 0 Å². The van der Waals surface area contributed by atoms with E-state index in [1.54, 1.807) is 31.4 Å². The molecule has 15 heteroatoms. The summed E-state index contributed by atoms with van der Waals surface area (Å²) in [6.45, 7) is -0.181. The van der Waals surface area contributed by atoms with Gasteiger partial charge in [-0.1, -0.05) is 15.9 Å². The van der Waals surface area contributed by atoms with Crippen molar-refractivity contribution in [3.8, 4) is 17.2 Å². The molecule has 0 aliphatic rings. The van der Waals surface area contributed by atoms with Gasteiger partial charge in [0.2, 0.25) is 5.76 Å². The van der Waals surface area contributed by atoms with Crippen LogP contribution in [-0.2, 0) is 24.0 Å². The number of methoxy groups -OCH3 is 4. The van der Waals surface area contributed by atoms with Gasteiger partial charge < -0.3 is 40.0 Å². The zero-order valence-electron chi connectivity index (χ0n) is 22.7. The first-order valence-electron chi connectivity index (χ1n) is 9.58. The minimum absolute atomic E-state index is 0. The van der Waals surface area contributed by atoms with Crippen LogP contribution in [0, 0.1) is 0 Å². The molecule has 0 saturated carbocycles. The first-order chi connectivity index (χ1) is 17.2. The second kappa shape index (κ2) is 25.9. The monoisotopic (exact) mass is 838 g/mol. The number of ether oxygens (including phenoxy) is 4. The molecule has 1 aromatic heterocycles. The smallest absolute Gasteiger partial charge is 1.00 e. The van der Waals surface area contributed by atoms with Crippen LogP contribution in [0.2, 0.25) is 0 Å². The van der Waals surface area contributed by atoms with Crippen LogP contribution in [0.5, 0.6) is 17.2 Å². The number of hydrogen-bond acceptors (Lipinski definition) is 12. The number of phenolic OH excluding ortho intramolecular Hbond substituents is 1. The summed E-state index contributed by atoms with van der Waals surface area (Å²) in [6.07, 6.45) is 0.592. The average Bonchev–Trinajstić information content (AvgIpc) is 3.36. The molecular weight excluding hydrogens is 814 g/mol. The second-order valence-electron chi connectivity index (χ2n) is 5.95. The van der Waals surface area contributed by atoms with Crippen LogP contribution in [0.3, 0.4) is 0 Å². The summed E-state index contributed by atoms with van der Waals surface area (Å²) >= 11 is 2.90. The van der Waals surface area contributed by atoms with Crippen LogP contribution in [-0.4, -0.2) is 63.6 Å². The van der Waals surface area contributed by atoms with Gasteiger partial charge in [-0.2, -0.15) is 0 Å². The number of hydrogen-bond donors (Lipinski definition) is 1. The summed E-state index contributed by atoms with van der Waals surface area (Å²) in [6, 6.07) is 11.5. The van der Waals surface area contributed by atoms with Gasteiger partial charge in [-0.15, -0.1) is 0 Å². The molecule has 3 aromatic rings. The Morgan fingerprint density at radius 2 is 1.53 bits per heavy atom. The number of aromatic hydroxyl groups is 1. The second-order valence-corrected chi connectivity index (χ2v) is 6.51. The van der Waals surface area contributed by atoms with Gasteiger partial charge in [0.15, 0.2) is 6.29 Å². The molecule has 0 spiro atoms. The number of rotatable bonds is 6. The third kappa shape index (κ3) is 17.0. The van der Waals surface area contributed by atoms with Crippen molar-refractivity contribution >= 4 is 51.6 Å². The molecule has 38 heavy (non-hydrogen) atoms. The van der Waals surface area contributed by atoms with Crippen molar-refractivity contribution in [2.45, 2.75) is 0 Å². The number of fused-ring (bicyclic) bond motifs is 1. The van der Waals surface area contributed by atoms with Gasteiger partial charge in [0, 0.05) is 17.5 Å². The van der Waals surface area contributed by atoms with Crippen LogP contribution in [0.1, 0.15) is 22.3 Å². The van der Waals surface area contributed by atoms with Gasteiger partial charge in [0.25, 0.3) is 6.47 Å². The van der Waals surface area contributed by atoms with E-state index in [2.05, 4.69) is 30.3 Å². The summed E-state index contributed by atoms with van der Waals surface area (Å²) in [5, 5.41) is 18.7. The van der Waals surface area contributed by atoms with E-state index in [0.29, 0.717) is 23.4 Å². The Bertz CT molecular complexity index is 1120. The predicted molar refractivity (Wildman–Crippen MR) is 128 cm³/mol. The Labute approximate surface area is 346 Å². The van der Waals surface area contributed by atoms with Crippen molar-refractivity contribution in [2.24, 2.45) is 0 Å². The predicted octanol–water partition coefficient (Wildman–Crippen LogP) is -3.45. The van der Waals surface area contributed by atoms with E-state index in [1.807, 2.05) is 6.07 Å². The van der Waals surface area contributed by atoms with Crippen LogP contribution in [0.15, 0.2) is 46.9 Å². The summed E-state index contributed by atoms with van der Waals surface area (Å²) in [7, 11) is 5.74. The van der Waals surface area contributed by atoms with Crippen molar-refractivity contribution in [1.29, 1.82) is 0 Å². The van der Waals surface area contributed by atoms with E-state index < -0.39 is 5.97 Å². The average molecular weight is 839 g/mol. The van der Waals surface area contributed by atoms with Crippen LogP contribution < -0.4 is 153 Å². The molecule has 0 radical (unpaired) electrons. The number of benzene rings is 2. The molecule has 0 aliphatic heterocycles. The molecule has 1 heterocycles. The molecule has 0 fully saturated rings. The summed E-state index contributed by atoms with van der Waals surface area (Å²) in [4.78, 5) is 42.6. The van der Waals surface area contributed by atoms with Crippen molar-refractivity contribution in [3.05, 3.63) is 53.8 Å². The molecule has 0 amide bonds. The number of phenols is 1. The number of halogens is 1. The molecule has 0 aliphatic carbocycles. The summed E-state index contributed by atoms with van der Waals surface area (Å²) < 4.78 is 23.9. The molecule has 3 rings (SSSR count). The van der Waals surface area contributed by atoms with Gasteiger partial charge in [0.1, 0.15) is 28.2 Å². The van der Waals surface area contributed by atoms with Crippen molar-refractivity contribution < 1.29 is 197 Å². The Balaban J connectivity index is -0.000000227. The van der Waals surface area contributed by atoms with Gasteiger partial charge in [0.05, 0.1) is 34.0 Å². The fraction of sp³-hybridized carbons (Fsp3) is 0.217.